The second-order valence-corrected chi connectivity index (χ2v) is 12.6. The van der Waals surface area contributed by atoms with Crippen molar-refractivity contribution in [3.63, 3.8) is 0 Å². The number of halogens is 1. The van der Waals surface area contributed by atoms with Crippen molar-refractivity contribution in [1.82, 2.24) is 0 Å². The Morgan fingerprint density at radius 2 is 1.12 bits per heavy atom. The highest BCUT2D eigenvalue weighted by molar-refractivity contribution is 6.30. The number of phenols is 2. The Labute approximate surface area is 263 Å². The van der Waals surface area contributed by atoms with E-state index in [2.05, 4.69) is 21.0 Å². The molecule has 2 N–H and O–H groups in total. The molecule has 0 atom stereocenters. The lowest BCUT2D eigenvalue weighted by Crippen LogP contribution is -3.00. The van der Waals surface area contributed by atoms with Gasteiger partial charge in [-0.15, -0.1) is 0 Å². The van der Waals surface area contributed by atoms with Gasteiger partial charge in [-0.05, 0) is 56.4 Å². The van der Waals surface area contributed by atoms with Crippen LogP contribution in [0.2, 0.25) is 0 Å². The van der Waals surface area contributed by atoms with Gasteiger partial charge in [-0.2, -0.15) is 0 Å². The number of aryl methyl sites for hydroxylation is 1. The van der Waals surface area contributed by atoms with Crippen LogP contribution < -0.4 is 21.7 Å². The number of carbonyl (C=O) groups is 2. The summed E-state index contributed by atoms with van der Waals surface area (Å²) in [6, 6.07) is 5.96. The van der Waals surface area contributed by atoms with E-state index in [0.717, 1.165) is 23.9 Å². The van der Waals surface area contributed by atoms with Gasteiger partial charge in [0.05, 0.1) is 44.9 Å². The van der Waals surface area contributed by atoms with Crippen LogP contribution >= 0.6 is 0 Å². The Morgan fingerprint density at radius 1 is 0.643 bits per heavy atom. The topological polar surface area (TPSA) is 83.8 Å². The van der Waals surface area contributed by atoms with E-state index in [1.54, 1.807) is 13.0 Å². The van der Waals surface area contributed by atoms with Crippen LogP contribution in [-0.2, 0) is 0 Å². The van der Waals surface area contributed by atoms with Crippen molar-refractivity contribution in [2.75, 3.05) is 33.8 Å². The normalized spacial score (nSPS) is 12.6. The lowest BCUT2D eigenvalue weighted by molar-refractivity contribution is -0.890. The van der Waals surface area contributed by atoms with Crippen LogP contribution in [0.25, 0.3) is 0 Å². The van der Waals surface area contributed by atoms with Crippen molar-refractivity contribution in [2.24, 2.45) is 0 Å². The molecule has 0 radical (unpaired) electrons. The molecule has 1 aliphatic carbocycles. The maximum Gasteiger partial charge on any atom is 0.201 e. The number of carbonyl (C=O) groups excluding carboxylic acids is 2. The zero-order valence-corrected chi connectivity index (χ0v) is 27.9. The average Bonchev–Trinajstić information content (AvgIpc) is 2.91. The highest BCUT2D eigenvalue weighted by Crippen LogP contribution is 2.39. The monoisotopic (exact) mass is 645 g/mol. The number of fused-ring (bicyclic) bond motifs is 2. The van der Waals surface area contributed by atoms with Crippen molar-refractivity contribution in [3.05, 3.63) is 52.1 Å². The number of rotatable bonds is 19. The first-order chi connectivity index (χ1) is 19.6. The molecule has 0 fully saturated rings. The molecule has 3 rings (SSSR count). The maximum atomic E-state index is 13.1. The Hall–Kier alpha value is -2.38. The predicted molar refractivity (Wildman–Crippen MR) is 165 cm³/mol. The number of unbranched alkanes of at least 4 members (excludes halogenated alkanes) is 12. The molecule has 0 amide bonds. The van der Waals surface area contributed by atoms with Crippen molar-refractivity contribution < 1.29 is 46.0 Å². The van der Waals surface area contributed by atoms with Gasteiger partial charge in [0, 0.05) is 17.2 Å². The predicted octanol–water partition coefficient (Wildman–Crippen LogP) is 5.12. The first kappa shape index (κ1) is 35.8. The number of benzene rings is 2. The second-order valence-electron chi connectivity index (χ2n) is 12.6. The zero-order chi connectivity index (χ0) is 29.8. The van der Waals surface area contributed by atoms with Gasteiger partial charge in [-0.25, -0.2) is 0 Å². The van der Waals surface area contributed by atoms with Gasteiger partial charge >= 0.3 is 0 Å². The Balaban J connectivity index is 0.00000616. The summed E-state index contributed by atoms with van der Waals surface area (Å²) >= 11 is 0. The quantitative estimate of drug-likeness (QED) is 0.140. The van der Waals surface area contributed by atoms with Crippen molar-refractivity contribution in [2.45, 2.75) is 104 Å². The highest BCUT2D eigenvalue weighted by Gasteiger charge is 2.35. The summed E-state index contributed by atoms with van der Waals surface area (Å²) in [5.74, 6) is -1.13. The fourth-order valence-electron chi connectivity index (χ4n) is 5.88. The molecule has 6 nitrogen and oxygen atoms in total. The van der Waals surface area contributed by atoms with Gasteiger partial charge in [-0.1, -0.05) is 71.1 Å². The Morgan fingerprint density at radius 3 is 1.69 bits per heavy atom. The van der Waals surface area contributed by atoms with Gasteiger partial charge in [0.25, 0.3) is 0 Å². The lowest BCUT2D eigenvalue weighted by atomic mass is 9.82. The van der Waals surface area contributed by atoms with Crippen molar-refractivity contribution >= 4 is 11.6 Å². The number of hydrogen-bond donors (Lipinski definition) is 2. The van der Waals surface area contributed by atoms with Crippen LogP contribution in [0.3, 0.4) is 0 Å². The summed E-state index contributed by atoms with van der Waals surface area (Å²) in [7, 11) is 4.59. The molecule has 0 bridgehead atoms. The van der Waals surface area contributed by atoms with E-state index in [-0.39, 0.29) is 50.7 Å². The zero-order valence-electron chi connectivity index (χ0n) is 26.3. The molecule has 0 aliphatic heterocycles. The second kappa shape index (κ2) is 17.7. The molecule has 1 aliphatic rings. The van der Waals surface area contributed by atoms with E-state index in [9.17, 15) is 19.8 Å². The van der Waals surface area contributed by atoms with Crippen molar-refractivity contribution in [3.8, 4) is 17.2 Å². The first-order valence-corrected chi connectivity index (χ1v) is 15.9. The molecule has 0 saturated carbocycles. The number of ether oxygens (including phenoxy) is 1. The molecule has 0 heterocycles. The molecular formula is C35H52BrNO5. The molecule has 2 aromatic rings. The molecule has 42 heavy (non-hydrogen) atoms. The molecule has 0 saturated heterocycles. The van der Waals surface area contributed by atoms with E-state index >= 15 is 0 Å². The number of nitrogens with zero attached hydrogens (tertiary/aromatic N) is 1. The third kappa shape index (κ3) is 10.4. The minimum atomic E-state index is -0.552. The Bertz CT molecular complexity index is 1180. The maximum absolute atomic E-state index is 13.1. The molecular weight excluding hydrogens is 594 g/mol. The van der Waals surface area contributed by atoms with Gasteiger partial charge < -0.3 is 36.4 Å². The summed E-state index contributed by atoms with van der Waals surface area (Å²) in [6.07, 6.45) is 18.3. The molecule has 7 heteroatoms. The van der Waals surface area contributed by atoms with Gasteiger partial charge in [0.1, 0.15) is 17.2 Å². The Kier molecular flexibility index (Phi) is 15.1. The largest absolute Gasteiger partial charge is 1.00 e. The molecule has 0 unspecified atom stereocenters. The number of ketones is 2. The summed E-state index contributed by atoms with van der Waals surface area (Å²) < 4.78 is 6.88. The number of phenolic OH excluding ortho intramolecular Hbond substituents is 2. The van der Waals surface area contributed by atoms with E-state index in [4.69, 9.17) is 4.74 Å². The number of aromatic hydroxyl groups is 2. The van der Waals surface area contributed by atoms with Crippen LogP contribution in [-0.4, -0.2) is 60.1 Å². The van der Waals surface area contributed by atoms with Crippen LogP contribution in [0, 0.1) is 6.92 Å². The third-order valence-electron chi connectivity index (χ3n) is 8.34. The van der Waals surface area contributed by atoms with E-state index in [1.165, 1.54) is 102 Å². The van der Waals surface area contributed by atoms with Gasteiger partial charge in [-0.3, -0.25) is 9.59 Å². The van der Waals surface area contributed by atoms with Crippen molar-refractivity contribution in [1.29, 1.82) is 0 Å². The van der Waals surface area contributed by atoms with E-state index in [0.29, 0.717) is 17.9 Å². The molecule has 2 aromatic carbocycles. The summed E-state index contributed by atoms with van der Waals surface area (Å²) in [5.41, 5.74) is 0.821. The SMILES string of the molecule is CCCCCCCCCCCCCC[N+](C)(C)CCCCOc1cc(O)c2c(c1)C(=O)c1cc(C)cc(O)c1C2=O.[Br-]. The molecule has 234 valence electrons. The van der Waals surface area contributed by atoms with Gasteiger partial charge in [0.2, 0.25) is 5.78 Å². The highest BCUT2D eigenvalue weighted by atomic mass is 79.9. The third-order valence-corrected chi connectivity index (χ3v) is 8.34. The fourth-order valence-corrected chi connectivity index (χ4v) is 5.88. The van der Waals surface area contributed by atoms with Gasteiger partial charge in [0.15, 0.2) is 5.78 Å². The molecule has 0 aromatic heterocycles. The number of quaternary nitrogens is 1. The standard InChI is InChI=1S/C35H51NO5.BrH/c1-5-6-7-8-9-10-11-12-13-14-15-16-19-36(3,4)20-17-18-21-41-27-24-29-33(31(38)25-27)35(40)32-28(34(29)39)22-26(2)23-30(32)37;/h22-25H,5-21H2,1-4H3,(H-,37,38,40);1H. The van der Waals surface area contributed by atoms with Crippen LogP contribution in [0.1, 0.15) is 134 Å². The minimum absolute atomic E-state index is 0. The molecule has 0 spiro atoms. The fraction of sp³-hybridized carbons (Fsp3) is 0.600. The van der Waals surface area contributed by atoms with Crippen LogP contribution in [0.15, 0.2) is 24.3 Å². The number of hydrogen-bond acceptors (Lipinski definition) is 5. The van der Waals surface area contributed by atoms with Crippen LogP contribution in [0.4, 0.5) is 0 Å². The summed E-state index contributed by atoms with van der Waals surface area (Å²) in [4.78, 5) is 26.1. The summed E-state index contributed by atoms with van der Waals surface area (Å²) in [5, 5.41) is 20.9. The van der Waals surface area contributed by atoms with E-state index in [1.807, 2.05) is 0 Å². The first-order valence-electron chi connectivity index (χ1n) is 15.9. The van der Waals surface area contributed by atoms with E-state index < -0.39 is 11.6 Å². The summed E-state index contributed by atoms with van der Waals surface area (Å²) in [6.45, 7) is 6.75. The lowest BCUT2D eigenvalue weighted by Gasteiger charge is -2.30. The van der Waals surface area contributed by atoms with Crippen LogP contribution in [0.5, 0.6) is 17.2 Å². The average molecular weight is 647 g/mol. The smallest absolute Gasteiger partial charge is 0.201 e. The minimum Gasteiger partial charge on any atom is -1.00 e.